The van der Waals surface area contributed by atoms with Gasteiger partial charge in [0.2, 0.25) is 5.91 Å². The molecule has 0 unspecified atom stereocenters. The number of amides is 2. The van der Waals surface area contributed by atoms with Gasteiger partial charge in [-0.2, -0.15) is 0 Å². The topological polar surface area (TPSA) is 79.5 Å². The van der Waals surface area contributed by atoms with Gasteiger partial charge in [-0.25, -0.2) is 0 Å². The van der Waals surface area contributed by atoms with Crippen LogP contribution < -0.4 is 5.73 Å². The van der Waals surface area contributed by atoms with Gasteiger partial charge in [0, 0.05) is 41.9 Å². The lowest BCUT2D eigenvalue weighted by atomic mass is 9.93. The SMILES string of the molecule is NC(=O)C1CCN(C2CN(C(=O)c3cncc(Br)c3)C2)CC1. The van der Waals surface area contributed by atoms with Crippen LogP contribution in [0.5, 0.6) is 0 Å². The van der Waals surface area contributed by atoms with Gasteiger partial charge >= 0.3 is 0 Å². The Kier molecular flexibility index (Phi) is 4.44. The van der Waals surface area contributed by atoms with Gasteiger partial charge < -0.3 is 10.6 Å². The molecule has 0 spiro atoms. The van der Waals surface area contributed by atoms with Crippen LogP contribution in [0.3, 0.4) is 0 Å². The number of rotatable bonds is 3. The normalized spacial score (nSPS) is 20.7. The number of nitrogens with zero attached hydrogens (tertiary/aromatic N) is 3. The van der Waals surface area contributed by atoms with Crippen molar-refractivity contribution in [3.8, 4) is 0 Å². The second-order valence-corrected chi connectivity index (χ2v) is 6.88. The van der Waals surface area contributed by atoms with E-state index in [9.17, 15) is 9.59 Å². The molecular formula is C15H19BrN4O2. The minimum Gasteiger partial charge on any atom is -0.369 e. The minimum absolute atomic E-state index is 0.0156. The molecule has 0 bridgehead atoms. The van der Waals surface area contributed by atoms with E-state index in [2.05, 4.69) is 25.8 Å². The second-order valence-electron chi connectivity index (χ2n) is 5.97. The second kappa shape index (κ2) is 6.34. The van der Waals surface area contributed by atoms with E-state index in [0.29, 0.717) is 11.6 Å². The van der Waals surface area contributed by atoms with Gasteiger partial charge in [0.25, 0.3) is 5.91 Å². The maximum Gasteiger partial charge on any atom is 0.255 e. The Labute approximate surface area is 137 Å². The zero-order valence-electron chi connectivity index (χ0n) is 12.2. The van der Waals surface area contributed by atoms with Gasteiger partial charge in [-0.15, -0.1) is 0 Å². The number of halogens is 1. The number of carbonyl (C=O) groups is 2. The summed E-state index contributed by atoms with van der Waals surface area (Å²) in [7, 11) is 0. The zero-order valence-corrected chi connectivity index (χ0v) is 13.8. The highest BCUT2D eigenvalue weighted by molar-refractivity contribution is 9.10. The molecule has 0 radical (unpaired) electrons. The largest absolute Gasteiger partial charge is 0.369 e. The Morgan fingerprint density at radius 3 is 2.50 bits per heavy atom. The molecule has 3 heterocycles. The lowest BCUT2D eigenvalue weighted by molar-refractivity contribution is -0.123. The van der Waals surface area contributed by atoms with Crippen molar-refractivity contribution in [3.05, 3.63) is 28.5 Å². The fourth-order valence-electron chi connectivity index (χ4n) is 3.11. The van der Waals surface area contributed by atoms with Crippen molar-refractivity contribution in [2.24, 2.45) is 11.7 Å². The lowest BCUT2D eigenvalue weighted by Gasteiger charge is -2.47. The number of hydrogen-bond donors (Lipinski definition) is 1. The van der Waals surface area contributed by atoms with E-state index in [1.807, 2.05) is 4.90 Å². The van der Waals surface area contributed by atoms with E-state index in [0.717, 1.165) is 43.5 Å². The first kappa shape index (κ1) is 15.4. The van der Waals surface area contributed by atoms with Crippen molar-refractivity contribution < 1.29 is 9.59 Å². The number of hydrogen-bond acceptors (Lipinski definition) is 4. The molecule has 2 aliphatic heterocycles. The molecule has 1 aromatic heterocycles. The highest BCUT2D eigenvalue weighted by Gasteiger charge is 2.37. The Balaban J connectivity index is 1.50. The number of pyridine rings is 1. The van der Waals surface area contributed by atoms with Crippen LogP contribution in [-0.2, 0) is 4.79 Å². The van der Waals surface area contributed by atoms with E-state index >= 15 is 0 Å². The third-order valence-corrected chi connectivity index (χ3v) is 4.98. The van der Waals surface area contributed by atoms with Crippen LogP contribution in [0.25, 0.3) is 0 Å². The molecule has 7 heteroatoms. The molecule has 118 valence electrons. The van der Waals surface area contributed by atoms with E-state index in [-0.39, 0.29) is 17.7 Å². The smallest absolute Gasteiger partial charge is 0.255 e. The summed E-state index contributed by atoms with van der Waals surface area (Å²) in [5.74, 6) is -0.147. The summed E-state index contributed by atoms with van der Waals surface area (Å²) in [4.78, 5) is 31.8. The molecule has 22 heavy (non-hydrogen) atoms. The number of piperidine rings is 1. The van der Waals surface area contributed by atoms with Crippen molar-refractivity contribution in [1.82, 2.24) is 14.8 Å². The number of nitrogens with two attached hydrogens (primary N) is 1. The van der Waals surface area contributed by atoms with Gasteiger partial charge in [-0.3, -0.25) is 19.5 Å². The summed E-state index contributed by atoms with van der Waals surface area (Å²) in [6.07, 6.45) is 4.92. The Morgan fingerprint density at radius 2 is 1.91 bits per heavy atom. The molecule has 0 saturated carbocycles. The molecule has 6 nitrogen and oxygen atoms in total. The van der Waals surface area contributed by atoms with Gasteiger partial charge in [-0.05, 0) is 47.9 Å². The van der Waals surface area contributed by atoms with Crippen molar-refractivity contribution in [2.75, 3.05) is 26.2 Å². The molecule has 2 N–H and O–H groups in total. The fourth-order valence-corrected chi connectivity index (χ4v) is 3.48. The Morgan fingerprint density at radius 1 is 1.23 bits per heavy atom. The standard InChI is InChI=1S/C15H19BrN4O2/c16-12-5-11(6-18-7-12)15(22)20-8-13(9-20)19-3-1-10(2-4-19)14(17)21/h5-7,10,13H,1-4,8-9H2,(H2,17,21). The highest BCUT2D eigenvalue weighted by Crippen LogP contribution is 2.24. The van der Waals surface area contributed by atoms with Gasteiger partial charge in [0.1, 0.15) is 0 Å². The summed E-state index contributed by atoms with van der Waals surface area (Å²) >= 11 is 3.33. The molecular weight excluding hydrogens is 348 g/mol. The third kappa shape index (κ3) is 3.15. The fraction of sp³-hybridized carbons (Fsp3) is 0.533. The third-order valence-electron chi connectivity index (χ3n) is 4.55. The molecule has 1 aromatic rings. The van der Waals surface area contributed by atoms with Crippen molar-refractivity contribution in [1.29, 1.82) is 0 Å². The maximum atomic E-state index is 12.3. The Hall–Kier alpha value is -1.47. The highest BCUT2D eigenvalue weighted by atomic mass is 79.9. The van der Waals surface area contributed by atoms with Crippen LogP contribution >= 0.6 is 15.9 Å². The first-order chi connectivity index (χ1) is 10.5. The Bertz CT molecular complexity index is 581. The van der Waals surface area contributed by atoms with Crippen molar-refractivity contribution in [3.63, 3.8) is 0 Å². The number of carbonyl (C=O) groups excluding carboxylic acids is 2. The molecule has 0 atom stereocenters. The first-order valence-corrected chi connectivity index (χ1v) is 8.27. The minimum atomic E-state index is -0.188. The van der Waals surface area contributed by atoms with Gasteiger partial charge in [-0.1, -0.05) is 0 Å². The molecule has 2 saturated heterocycles. The van der Waals surface area contributed by atoms with Crippen LogP contribution in [0.2, 0.25) is 0 Å². The zero-order chi connectivity index (χ0) is 15.7. The van der Waals surface area contributed by atoms with Crippen LogP contribution in [-0.4, -0.2) is 58.8 Å². The quantitative estimate of drug-likeness (QED) is 0.860. The molecule has 2 aliphatic rings. The summed E-state index contributed by atoms with van der Waals surface area (Å²) < 4.78 is 0.809. The van der Waals surface area contributed by atoms with E-state index in [1.54, 1.807) is 18.5 Å². The summed E-state index contributed by atoms with van der Waals surface area (Å²) in [6, 6.07) is 2.19. The number of primary amides is 1. The van der Waals surface area contributed by atoms with E-state index < -0.39 is 0 Å². The van der Waals surface area contributed by atoms with Gasteiger partial charge in [0.05, 0.1) is 5.56 Å². The maximum absolute atomic E-state index is 12.3. The summed E-state index contributed by atoms with van der Waals surface area (Å²) in [5.41, 5.74) is 5.96. The van der Waals surface area contributed by atoms with Crippen LogP contribution in [0.1, 0.15) is 23.2 Å². The average Bonchev–Trinajstić information content (AvgIpc) is 2.46. The summed E-state index contributed by atoms with van der Waals surface area (Å²) in [5, 5.41) is 0. The van der Waals surface area contributed by atoms with E-state index in [4.69, 9.17) is 5.73 Å². The van der Waals surface area contributed by atoms with E-state index in [1.165, 1.54) is 0 Å². The number of aromatic nitrogens is 1. The molecule has 0 aromatic carbocycles. The first-order valence-electron chi connectivity index (χ1n) is 7.48. The van der Waals surface area contributed by atoms with Crippen LogP contribution in [0.4, 0.5) is 0 Å². The predicted molar refractivity (Wildman–Crippen MR) is 85.1 cm³/mol. The summed E-state index contributed by atoms with van der Waals surface area (Å²) in [6.45, 7) is 3.26. The monoisotopic (exact) mass is 366 g/mol. The van der Waals surface area contributed by atoms with Crippen LogP contribution in [0, 0.1) is 5.92 Å². The van der Waals surface area contributed by atoms with Crippen molar-refractivity contribution in [2.45, 2.75) is 18.9 Å². The van der Waals surface area contributed by atoms with Gasteiger partial charge in [0.15, 0.2) is 0 Å². The molecule has 2 fully saturated rings. The molecule has 3 rings (SSSR count). The lowest BCUT2D eigenvalue weighted by Crippen LogP contribution is -2.62. The van der Waals surface area contributed by atoms with Crippen molar-refractivity contribution >= 4 is 27.7 Å². The average molecular weight is 367 g/mol. The predicted octanol–water partition coefficient (Wildman–Crippen LogP) is 0.866. The molecule has 2 amide bonds. The molecule has 0 aliphatic carbocycles. The van der Waals surface area contributed by atoms with Crippen LogP contribution in [0.15, 0.2) is 22.9 Å². The number of likely N-dealkylation sites (tertiary alicyclic amines) is 2.